The fourth-order valence-corrected chi connectivity index (χ4v) is 0.926. The molecule has 0 aliphatic heterocycles. The minimum absolute atomic E-state index is 0.745. The first-order valence-corrected chi connectivity index (χ1v) is 3.61. The molecule has 0 aliphatic rings. The van der Waals surface area contributed by atoms with E-state index in [1.807, 2.05) is 30.3 Å². The fourth-order valence-electron chi connectivity index (χ4n) is 0.926. The first kappa shape index (κ1) is 8.30. The summed E-state index contributed by atoms with van der Waals surface area (Å²) in [6.45, 7) is 1.61. The lowest BCUT2D eigenvalue weighted by atomic mass is 9.86. The van der Waals surface area contributed by atoms with Crippen LogP contribution in [0.3, 0.4) is 0 Å². The zero-order chi connectivity index (χ0) is 9.03. The second-order valence-electron chi connectivity index (χ2n) is 2.71. The summed E-state index contributed by atoms with van der Waals surface area (Å²) in [7, 11) is 0. The van der Waals surface area contributed by atoms with Crippen LogP contribution in [0.1, 0.15) is 12.5 Å². The predicted octanol–water partition coefficient (Wildman–Crippen LogP) is 1.99. The van der Waals surface area contributed by atoms with Crippen LogP contribution < -0.4 is 0 Å². The van der Waals surface area contributed by atoms with Crippen LogP contribution in [-0.4, -0.2) is 0 Å². The van der Waals surface area contributed by atoms with E-state index in [-0.39, 0.29) is 0 Å². The monoisotopic (exact) mass is 156 g/mol. The fraction of sp³-hybridized carbons (Fsp3) is 0.200. The summed E-state index contributed by atoms with van der Waals surface area (Å²) < 4.78 is 0. The van der Waals surface area contributed by atoms with E-state index in [4.69, 9.17) is 10.5 Å². The average molecular weight is 156 g/mol. The lowest BCUT2D eigenvalue weighted by Crippen LogP contribution is -2.15. The highest BCUT2D eigenvalue weighted by atomic mass is 14.4. The van der Waals surface area contributed by atoms with Crippen LogP contribution in [0.5, 0.6) is 0 Å². The molecule has 1 aromatic carbocycles. The van der Waals surface area contributed by atoms with Gasteiger partial charge >= 0.3 is 0 Å². The Morgan fingerprint density at radius 3 is 2.00 bits per heavy atom. The highest BCUT2D eigenvalue weighted by Crippen LogP contribution is 2.20. The second-order valence-corrected chi connectivity index (χ2v) is 2.71. The number of rotatable bonds is 1. The van der Waals surface area contributed by atoms with E-state index >= 15 is 0 Å². The third-order valence-electron chi connectivity index (χ3n) is 1.80. The van der Waals surface area contributed by atoms with Crippen molar-refractivity contribution in [1.29, 1.82) is 10.5 Å². The summed E-state index contributed by atoms with van der Waals surface area (Å²) >= 11 is 0. The number of hydrogen-bond acceptors (Lipinski definition) is 2. The molecule has 2 nitrogen and oxygen atoms in total. The van der Waals surface area contributed by atoms with E-state index in [1.165, 1.54) is 0 Å². The summed E-state index contributed by atoms with van der Waals surface area (Å²) in [6, 6.07) is 13.0. The number of benzene rings is 1. The molecule has 0 fully saturated rings. The number of hydrogen-bond donors (Lipinski definition) is 0. The van der Waals surface area contributed by atoms with Crippen molar-refractivity contribution in [3.8, 4) is 12.1 Å². The van der Waals surface area contributed by atoms with Crippen molar-refractivity contribution in [3.05, 3.63) is 35.9 Å². The maximum absolute atomic E-state index is 8.77. The van der Waals surface area contributed by atoms with E-state index in [9.17, 15) is 0 Å². The molecule has 0 radical (unpaired) electrons. The van der Waals surface area contributed by atoms with Gasteiger partial charge < -0.3 is 0 Å². The number of nitriles is 2. The highest BCUT2D eigenvalue weighted by molar-refractivity contribution is 5.38. The summed E-state index contributed by atoms with van der Waals surface area (Å²) in [6.07, 6.45) is 0. The number of nitrogens with zero attached hydrogens (tertiary/aromatic N) is 2. The summed E-state index contributed by atoms with van der Waals surface area (Å²) in [5.74, 6) is 0. The SMILES string of the molecule is CC(C#N)(C#N)c1ccccc1. The standard InChI is InChI=1S/C10H8N2/c1-10(7-11,8-12)9-5-3-2-4-6-9/h2-6H,1H3. The topological polar surface area (TPSA) is 47.6 Å². The molecular formula is C10H8N2. The molecule has 12 heavy (non-hydrogen) atoms. The van der Waals surface area contributed by atoms with Crippen LogP contribution in [0.25, 0.3) is 0 Å². The molecule has 0 aliphatic carbocycles. The quantitative estimate of drug-likeness (QED) is 0.624. The lowest BCUT2D eigenvalue weighted by Gasteiger charge is -2.11. The Balaban J connectivity index is 3.17. The van der Waals surface area contributed by atoms with Gasteiger partial charge in [0.1, 0.15) is 0 Å². The Kier molecular flexibility index (Phi) is 2.12. The predicted molar refractivity (Wildman–Crippen MR) is 45.0 cm³/mol. The summed E-state index contributed by atoms with van der Waals surface area (Å²) in [4.78, 5) is 0. The van der Waals surface area contributed by atoms with Gasteiger partial charge in [-0.15, -0.1) is 0 Å². The second kappa shape index (κ2) is 3.07. The molecule has 1 rings (SSSR count). The first-order valence-electron chi connectivity index (χ1n) is 3.61. The van der Waals surface area contributed by atoms with E-state index in [2.05, 4.69) is 0 Å². The van der Waals surface area contributed by atoms with Crippen molar-refractivity contribution < 1.29 is 0 Å². The van der Waals surface area contributed by atoms with Gasteiger partial charge in [-0.2, -0.15) is 10.5 Å². The Morgan fingerprint density at radius 2 is 1.58 bits per heavy atom. The zero-order valence-electron chi connectivity index (χ0n) is 6.78. The molecule has 0 atom stereocenters. The van der Waals surface area contributed by atoms with Gasteiger partial charge in [-0.05, 0) is 12.5 Å². The molecule has 0 unspecified atom stereocenters. The van der Waals surface area contributed by atoms with Crippen molar-refractivity contribution in [2.75, 3.05) is 0 Å². The third kappa shape index (κ3) is 1.28. The Bertz CT molecular complexity index is 326. The summed E-state index contributed by atoms with van der Waals surface area (Å²) in [5, 5.41) is 17.5. The van der Waals surface area contributed by atoms with E-state index in [0.29, 0.717) is 0 Å². The Labute approximate surface area is 71.7 Å². The third-order valence-corrected chi connectivity index (χ3v) is 1.80. The molecule has 1 aromatic rings. The smallest absolute Gasteiger partial charge is 0.165 e. The van der Waals surface area contributed by atoms with Crippen LogP contribution in [0.2, 0.25) is 0 Å². The first-order chi connectivity index (χ1) is 5.73. The van der Waals surface area contributed by atoms with E-state index in [1.54, 1.807) is 19.1 Å². The molecule has 0 aromatic heterocycles. The van der Waals surface area contributed by atoms with Gasteiger partial charge in [-0.3, -0.25) is 0 Å². The van der Waals surface area contributed by atoms with Gasteiger partial charge in [-0.25, -0.2) is 0 Å². The normalized spacial score (nSPS) is 9.92. The molecule has 0 heterocycles. The van der Waals surface area contributed by atoms with Crippen molar-refractivity contribution >= 4 is 0 Å². The van der Waals surface area contributed by atoms with Crippen LogP contribution in [0, 0.1) is 22.7 Å². The van der Waals surface area contributed by atoms with Gasteiger partial charge in [0.05, 0.1) is 12.1 Å². The molecule has 0 bridgehead atoms. The molecule has 2 heteroatoms. The van der Waals surface area contributed by atoms with Gasteiger partial charge in [-0.1, -0.05) is 30.3 Å². The largest absolute Gasteiger partial charge is 0.196 e. The van der Waals surface area contributed by atoms with Gasteiger partial charge in [0.15, 0.2) is 5.41 Å². The van der Waals surface area contributed by atoms with Crippen LogP contribution in [-0.2, 0) is 5.41 Å². The summed E-state index contributed by atoms with van der Waals surface area (Å²) in [5.41, 5.74) is -0.267. The van der Waals surface area contributed by atoms with Crippen LogP contribution >= 0.6 is 0 Å². The minimum Gasteiger partial charge on any atom is -0.196 e. The molecule has 58 valence electrons. The van der Waals surface area contributed by atoms with Crippen molar-refractivity contribution in [3.63, 3.8) is 0 Å². The van der Waals surface area contributed by atoms with E-state index < -0.39 is 5.41 Å². The Morgan fingerprint density at radius 1 is 1.08 bits per heavy atom. The van der Waals surface area contributed by atoms with Gasteiger partial charge in [0.25, 0.3) is 0 Å². The highest BCUT2D eigenvalue weighted by Gasteiger charge is 2.25. The van der Waals surface area contributed by atoms with Crippen molar-refractivity contribution in [2.45, 2.75) is 12.3 Å². The van der Waals surface area contributed by atoms with Gasteiger partial charge in [0.2, 0.25) is 0 Å². The van der Waals surface area contributed by atoms with Gasteiger partial charge in [0, 0.05) is 0 Å². The van der Waals surface area contributed by atoms with Crippen molar-refractivity contribution in [2.24, 2.45) is 0 Å². The van der Waals surface area contributed by atoms with E-state index in [0.717, 1.165) is 5.56 Å². The lowest BCUT2D eigenvalue weighted by molar-refractivity contribution is 0.792. The average Bonchev–Trinajstić information content (AvgIpc) is 2.18. The molecule has 0 saturated heterocycles. The minimum atomic E-state index is -1.01. The van der Waals surface area contributed by atoms with Crippen LogP contribution in [0.15, 0.2) is 30.3 Å². The Hall–Kier alpha value is -1.80. The van der Waals surface area contributed by atoms with Crippen molar-refractivity contribution in [1.82, 2.24) is 0 Å². The molecule has 0 N–H and O–H groups in total. The molecular weight excluding hydrogens is 148 g/mol. The maximum atomic E-state index is 8.77. The molecule has 0 saturated carbocycles. The molecule has 0 spiro atoms. The molecule has 0 amide bonds. The zero-order valence-corrected chi connectivity index (χ0v) is 6.78. The van der Waals surface area contributed by atoms with Crippen LogP contribution in [0.4, 0.5) is 0 Å². The maximum Gasteiger partial charge on any atom is 0.165 e.